The van der Waals surface area contributed by atoms with Gasteiger partial charge in [0.15, 0.2) is 0 Å². The molecule has 2 atom stereocenters. The van der Waals surface area contributed by atoms with E-state index in [1.165, 1.54) is 12.1 Å². The van der Waals surface area contributed by atoms with E-state index in [1.807, 2.05) is 0 Å². The summed E-state index contributed by atoms with van der Waals surface area (Å²) in [4.78, 5) is 22.6. The number of hydrogen-bond acceptors (Lipinski definition) is 2. The molecule has 2 rings (SSSR count). The van der Waals surface area contributed by atoms with Crippen LogP contribution in [0.3, 0.4) is 0 Å². The first-order valence-corrected chi connectivity index (χ1v) is 6.59. The summed E-state index contributed by atoms with van der Waals surface area (Å²) in [5, 5.41) is 14.2. The van der Waals surface area contributed by atoms with Crippen molar-refractivity contribution in [1.29, 1.82) is 0 Å². The molecule has 0 saturated heterocycles. The molecular formula is C13H14ClFN2O3. The molecule has 5 nitrogen and oxygen atoms in total. The van der Waals surface area contributed by atoms with E-state index in [2.05, 4.69) is 10.6 Å². The minimum Gasteiger partial charge on any atom is -0.481 e. The van der Waals surface area contributed by atoms with Gasteiger partial charge in [-0.05, 0) is 37.5 Å². The Labute approximate surface area is 120 Å². The Morgan fingerprint density at radius 1 is 1.35 bits per heavy atom. The van der Waals surface area contributed by atoms with Gasteiger partial charge < -0.3 is 15.7 Å². The van der Waals surface area contributed by atoms with Crippen molar-refractivity contribution < 1.29 is 19.1 Å². The highest BCUT2D eigenvalue weighted by Crippen LogP contribution is 2.26. The number of carbonyl (C=O) groups excluding carboxylic acids is 1. The molecule has 0 aromatic heterocycles. The van der Waals surface area contributed by atoms with E-state index >= 15 is 0 Å². The van der Waals surface area contributed by atoms with Crippen LogP contribution in [-0.4, -0.2) is 23.1 Å². The van der Waals surface area contributed by atoms with Gasteiger partial charge in [0.1, 0.15) is 5.82 Å². The van der Waals surface area contributed by atoms with Crippen LogP contribution in [0.2, 0.25) is 5.02 Å². The van der Waals surface area contributed by atoms with Crippen molar-refractivity contribution in [2.24, 2.45) is 5.92 Å². The molecule has 0 aliphatic heterocycles. The average Bonchev–Trinajstić information content (AvgIpc) is 2.82. The molecule has 20 heavy (non-hydrogen) atoms. The first kappa shape index (κ1) is 14.6. The average molecular weight is 301 g/mol. The number of rotatable bonds is 3. The van der Waals surface area contributed by atoms with Crippen LogP contribution in [0.25, 0.3) is 0 Å². The van der Waals surface area contributed by atoms with E-state index in [-0.39, 0.29) is 16.8 Å². The number of hydrogen-bond donors (Lipinski definition) is 3. The number of carbonyl (C=O) groups is 2. The molecule has 0 radical (unpaired) electrons. The van der Waals surface area contributed by atoms with Crippen LogP contribution in [0.1, 0.15) is 19.3 Å². The zero-order chi connectivity index (χ0) is 14.7. The number of carboxylic acid groups (broad SMARTS) is 1. The number of amides is 2. The topological polar surface area (TPSA) is 78.4 Å². The summed E-state index contributed by atoms with van der Waals surface area (Å²) in [6.07, 6.45) is 1.56. The number of halogens is 2. The summed E-state index contributed by atoms with van der Waals surface area (Å²) >= 11 is 5.83. The van der Waals surface area contributed by atoms with Crippen LogP contribution in [0.5, 0.6) is 0 Å². The van der Waals surface area contributed by atoms with E-state index < -0.39 is 23.7 Å². The van der Waals surface area contributed by atoms with Crippen LogP contribution in [0.15, 0.2) is 18.2 Å². The van der Waals surface area contributed by atoms with Crippen molar-refractivity contribution in [2.45, 2.75) is 25.3 Å². The van der Waals surface area contributed by atoms with E-state index in [0.717, 1.165) is 6.07 Å². The maximum absolute atomic E-state index is 13.0. The molecule has 108 valence electrons. The Kier molecular flexibility index (Phi) is 4.44. The Morgan fingerprint density at radius 2 is 2.10 bits per heavy atom. The Bertz CT molecular complexity index is 538. The molecule has 0 spiro atoms. The van der Waals surface area contributed by atoms with Crippen molar-refractivity contribution in [3.05, 3.63) is 29.0 Å². The fraction of sp³-hybridized carbons (Fsp3) is 0.385. The van der Waals surface area contributed by atoms with Gasteiger partial charge in [-0.2, -0.15) is 0 Å². The van der Waals surface area contributed by atoms with Crippen LogP contribution in [0.4, 0.5) is 14.9 Å². The second-order valence-corrected chi connectivity index (χ2v) is 5.17. The minimum atomic E-state index is -0.845. The molecule has 1 aromatic carbocycles. The number of aliphatic carboxylic acids is 1. The monoisotopic (exact) mass is 300 g/mol. The van der Waals surface area contributed by atoms with Crippen LogP contribution in [0, 0.1) is 11.7 Å². The van der Waals surface area contributed by atoms with Crippen molar-refractivity contribution in [3.8, 4) is 0 Å². The number of nitrogens with one attached hydrogen (secondary N) is 2. The van der Waals surface area contributed by atoms with Crippen molar-refractivity contribution in [1.82, 2.24) is 5.32 Å². The lowest BCUT2D eigenvalue weighted by Gasteiger charge is -2.14. The lowest BCUT2D eigenvalue weighted by molar-refractivity contribution is -0.141. The summed E-state index contributed by atoms with van der Waals surface area (Å²) in [6, 6.07) is 2.95. The maximum atomic E-state index is 13.0. The Balaban J connectivity index is 1.90. The second kappa shape index (κ2) is 6.09. The third kappa shape index (κ3) is 3.60. The normalized spacial score (nSPS) is 21.5. The second-order valence-electron chi connectivity index (χ2n) is 4.77. The van der Waals surface area contributed by atoms with E-state index in [4.69, 9.17) is 16.7 Å². The van der Waals surface area contributed by atoms with Gasteiger partial charge in [-0.25, -0.2) is 9.18 Å². The van der Waals surface area contributed by atoms with Gasteiger partial charge in [-0.1, -0.05) is 11.6 Å². The highest BCUT2D eigenvalue weighted by molar-refractivity contribution is 6.33. The molecule has 2 amide bonds. The lowest BCUT2D eigenvalue weighted by Crippen LogP contribution is -2.36. The molecule has 0 unspecified atom stereocenters. The van der Waals surface area contributed by atoms with Crippen molar-refractivity contribution in [3.63, 3.8) is 0 Å². The first-order chi connectivity index (χ1) is 9.45. The molecule has 1 aliphatic carbocycles. The van der Waals surface area contributed by atoms with Gasteiger partial charge in [0, 0.05) is 6.04 Å². The number of anilines is 1. The van der Waals surface area contributed by atoms with Crippen LogP contribution < -0.4 is 10.6 Å². The van der Waals surface area contributed by atoms with Crippen molar-refractivity contribution in [2.75, 3.05) is 5.32 Å². The van der Waals surface area contributed by atoms with Gasteiger partial charge >= 0.3 is 12.0 Å². The SMILES string of the molecule is O=C(Nc1cc(F)ccc1Cl)N[C@H]1CC[C@@H](C(=O)O)C1. The molecule has 3 N–H and O–H groups in total. The molecule has 0 heterocycles. The zero-order valence-electron chi connectivity index (χ0n) is 10.5. The van der Waals surface area contributed by atoms with Crippen molar-refractivity contribution >= 4 is 29.3 Å². The predicted molar refractivity (Wildman–Crippen MR) is 72.3 cm³/mol. The fourth-order valence-corrected chi connectivity index (χ4v) is 2.44. The summed E-state index contributed by atoms with van der Waals surface area (Å²) in [7, 11) is 0. The van der Waals surface area contributed by atoms with E-state index in [9.17, 15) is 14.0 Å². The molecule has 1 aliphatic rings. The summed E-state index contributed by atoms with van der Waals surface area (Å²) in [5.74, 6) is -1.77. The summed E-state index contributed by atoms with van der Waals surface area (Å²) < 4.78 is 13.0. The van der Waals surface area contributed by atoms with E-state index in [1.54, 1.807) is 0 Å². The van der Waals surface area contributed by atoms with Gasteiger partial charge in [-0.15, -0.1) is 0 Å². The molecule has 1 saturated carbocycles. The quantitative estimate of drug-likeness (QED) is 0.803. The molecule has 7 heteroatoms. The molecular weight excluding hydrogens is 287 g/mol. The smallest absolute Gasteiger partial charge is 0.319 e. The minimum absolute atomic E-state index is 0.178. The standard InChI is InChI=1S/C13H14ClFN2O3/c14-10-4-2-8(15)6-11(10)17-13(20)16-9-3-1-7(5-9)12(18)19/h2,4,6-7,9H,1,3,5H2,(H,18,19)(H2,16,17,20)/t7-,9+/m1/s1. The number of benzene rings is 1. The van der Waals surface area contributed by atoms with Gasteiger partial charge in [-0.3, -0.25) is 4.79 Å². The predicted octanol–water partition coefficient (Wildman–Crippen LogP) is 2.85. The maximum Gasteiger partial charge on any atom is 0.319 e. The molecule has 1 aromatic rings. The van der Waals surface area contributed by atoms with Gasteiger partial charge in [0.25, 0.3) is 0 Å². The van der Waals surface area contributed by atoms with Gasteiger partial charge in [0.05, 0.1) is 16.6 Å². The fourth-order valence-electron chi connectivity index (χ4n) is 2.27. The highest BCUT2D eigenvalue weighted by Gasteiger charge is 2.30. The third-order valence-electron chi connectivity index (χ3n) is 3.29. The summed E-state index contributed by atoms with van der Waals surface area (Å²) in [6.45, 7) is 0. The molecule has 0 bridgehead atoms. The first-order valence-electron chi connectivity index (χ1n) is 6.21. The number of carboxylic acids is 1. The van der Waals surface area contributed by atoms with Crippen LogP contribution in [-0.2, 0) is 4.79 Å². The van der Waals surface area contributed by atoms with Crippen LogP contribution >= 0.6 is 11.6 Å². The largest absolute Gasteiger partial charge is 0.481 e. The third-order valence-corrected chi connectivity index (χ3v) is 3.62. The van der Waals surface area contributed by atoms with Gasteiger partial charge in [0.2, 0.25) is 0 Å². The summed E-state index contributed by atoms with van der Waals surface area (Å²) in [5.41, 5.74) is 0.178. The molecule has 1 fully saturated rings. The number of urea groups is 1. The Morgan fingerprint density at radius 3 is 2.75 bits per heavy atom. The highest BCUT2D eigenvalue weighted by atomic mass is 35.5. The zero-order valence-corrected chi connectivity index (χ0v) is 11.3. The Hall–Kier alpha value is -1.82. The lowest BCUT2D eigenvalue weighted by atomic mass is 10.1. The van der Waals surface area contributed by atoms with E-state index in [0.29, 0.717) is 19.3 Å².